The number of nitrogens with zero attached hydrogens (tertiary/aromatic N) is 1. The van der Waals surface area contributed by atoms with Gasteiger partial charge in [0.05, 0.1) is 17.7 Å². The zero-order valence-corrected chi connectivity index (χ0v) is 24.7. The minimum absolute atomic E-state index is 0.00105. The number of hydrazone groups is 1. The first kappa shape index (κ1) is 27.2. The zero-order valence-electron chi connectivity index (χ0n) is 24.7. The molecular weight excluding hydrogens is 522 g/mol. The molecule has 2 aromatic carbocycles. The summed E-state index contributed by atoms with van der Waals surface area (Å²) in [5, 5.41) is 5.66. The lowest BCUT2D eigenvalue weighted by molar-refractivity contribution is -0.120. The van der Waals surface area contributed by atoms with Gasteiger partial charge < -0.3 is 9.72 Å². The summed E-state index contributed by atoms with van der Waals surface area (Å²) in [6.07, 6.45) is 13.1. The minimum atomic E-state index is -0.182. The molecule has 0 aliphatic heterocycles. The fourth-order valence-electron chi connectivity index (χ4n) is 9.20. The van der Waals surface area contributed by atoms with Crippen molar-refractivity contribution in [2.24, 2.45) is 33.7 Å². The van der Waals surface area contributed by atoms with Crippen molar-refractivity contribution in [2.75, 3.05) is 0 Å². The molecule has 3 aromatic rings. The third-order valence-corrected chi connectivity index (χ3v) is 11.5. The van der Waals surface area contributed by atoms with E-state index in [-0.39, 0.29) is 28.8 Å². The number of carbonyl (C=O) groups is 2. The second kappa shape index (κ2) is 10.6. The van der Waals surface area contributed by atoms with Crippen molar-refractivity contribution in [3.63, 3.8) is 0 Å². The fourth-order valence-corrected chi connectivity index (χ4v) is 9.20. The lowest BCUT2D eigenvalue weighted by Crippen LogP contribution is -2.51. The van der Waals surface area contributed by atoms with Gasteiger partial charge in [0.2, 0.25) is 5.91 Å². The first-order chi connectivity index (χ1) is 20.3. The molecule has 1 amide bonds. The van der Waals surface area contributed by atoms with Crippen LogP contribution in [0.25, 0.3) is 10.9 Å². The molecule has 0 radical (unpaired) electrons. The number of hydrogen-bond donors (Lipinski definition) is 2. The number of nitrogens with one attached hydrogen (secondary N) is 2. The van der Waals surface area contributed by atoms with Crippen LogP contribution in [0, 0.1) is 28.6 Å². The highest BCUT2D eigenvalue weighted by Gasteiger charge is 2.59. The Morgan fingerprint density at radius 3 is 2.62 bits per heavy atom. The Bertz CT molecular complexity index is 1570. The van der Waals surface area contributed by atoms with E-state index in [0.717, 1.165) is 60.7 Å². The zero-order chi connectivity index (χ0) is 28.9. The number of H-pyrrole nitrogens is 1. The smallest absolute Gasteiger partial charge is 0.338 e. The van der Waals surface area contributed by atoms with E-state index >= 15 is 0 Å². The average molecular weight is 564 g/mol. The number of aromatic nitrogens is 1. The lowest BCUT2D eigenvalue weighted by Gasteiger charge is -2.58. The van der Waals surface area contributed by atoms with Crippen LogP contribution in [0.2, 0.25) is 0 Å². The molecule has 0 spiro atoms. The molecule has 42 heavy (non-hydrogen) atoms. The second-order valence-electron chi connectivity index (χ2n) is 13.6. The lowest BCUT2D eigenvalue weighted by atomic mass is 9.47. The minimum Gasteiger partial charge on any atom is -0.458 e. The highest BCUT2D eigenvalue weighted by molar-refractivity contribution is 5.98. The van der Waals surface area contributed by atoms with Gasteiger partial charge in [-0.15, -0.1) is 0 Å². The third kappa shape index (κ3) is 4.60. The van der Waals surface area contributed by atoms with Gasteiger partial charge in [-0.25, -0.2) is 10.2 Å². The van der Waals surface area contributed by atoms with E-state index in [9.17, 15) is 9.59 Å². The molecule has 6 atom stereocenters. The Morgan fingerprint density at radius 1 is 0.952 bits per heavy atom. The van der Waals surface area contributed by atoms with E-state index in [1.807, 2.05) is 60.8 Å². The van der Waals surface area contributed by atoms with Crippen LogP contribution in [0.4, 0.5) is 0 Å². The summed E-state index contributed by atoms with van der Waals surface area (Å²) in [5.41, 5.74) is 8.24. The van der Waals surface area contributed by atoms with Crippen LogP contribution >= 0.6 is 0 Å². The fraction of sp³-hybridized carbons (Fsp3) is 0.472. The van der Waals surface area contributed by atoms with Gasteiger partial charge in [0.25, 0.3) is 0 Å². The van der Waals surface area contributed by atoms with Gasteiger partial charge in [-0.3, -0.25) is 4.79 Å². The summed E-state index contributed by atoms with van der Waals surface area (Å²) in [6, 6.07) is 17.5. The predicted molar refractivity (Wildman–Crippen MR) is 165 cm³/mol. The Morgan fingerprint density at radius 2 is 1.76 bits per heavy atom. The van der Waals surface area contributed by atoms with Crippen LogP contribution in [-0.4, -0.2) is 28.7 Å². The summed E-state index contributed by atoms with van der Waals surface area (Å²) in [6.45, 7) is 4.87. The number of allylic oxidation sites excluding steroid dienone is 2. The number of hydrogen-bond acceptors (Lipinski definition) is 4. The summed E-state index contributed by atoms with van der Waals surface area (Å²) in [5.74, 6) is 1.65. The van der Waals surface area contributed by atoms with Crippen LogP contribution in [0.5, 0.6) is 0 Å². The largest absolute Gasteiger partial charge is 0.458 e. The first-order valence-corrected chi connectivity index (χ1v) is 15.7. The molecule has 6 heteroatoms. The van der Waals surface area contributed by atoms with Gasteiger partial charge in [-0.05, 0) is 104 Å². The van der Waals surface area contributed by atoms with Crippen molar-refractivity contribution in [1.82, 2.24) is 10.4 Å². The number of para-hydroxylation sites is 1. The van der Waals surface area contributed by atoms with Gasteiger partial charge in [0, 0.05) is 22.5 Å². The summed E-state index contributed by atoms with van der Waals surface area (Å²) in [4.78, 5) is 28.9. The van der Waals surface area contributed by atoms with Crippen LogP contribution in [0.1, 0.15) is 81.1 Å². The third-order valence-electron chi connectivity index (χ3n) is 11.5. The van der Waals surface area contributed by atoms with E-state index < -0.39 is 0 Å². The van der Waals surface area contributed by atoms with E-state index in [1.54, 1.807) is 0 Å². The Labute approximate surface area is 248 Å². The standard InChI is InChI=1S/C36H41N3O3/c1-35-18-16-26(38-39-33(40)20-24-22-37-31-11-7-6-10-27(24)31)21-25(35)12-13-28-29-14-15-32(36(29,2)19-17-30(28)35)42-34(41)23-8-4-3-5-9-23/h3-11,21-22,28-30,32,37H,12-20H2,1-2H3,(H,39,40)/b38-26+/t28-,29-,30-,32-,35-,36-/m0/s1. The van der Waals surface area contributed by atoms with Crippen molar-refractivity contribution in [3.05, 3.63) is 83.6 Å². The summed E-state index contributed by atoms with van der Waals surface area (Å²) in [7, 11) is 0. The molecule has 3 saturated carbocycles. The van der Waals surface area contributed by atoms with E-state index in [0.29, 0.717) is 29.7 Å². The highest BCUT2D eigenvalue weighted by Crippen LogP contribution is 2.65. The monoisotopic (exact) mass is 563 g/mol. The summed E-state index contributed by atoms with van der Waals surface area (Å²) >= 11 is 0. The average Bonchev–Trinajstić information content (AvgIpc) is 3.56. The Kier molecular flexibility index (Phi) is 6.83. The number of esters is 1. The van der Waals surface area contributed by atoms with Gasteiger partial charge >= 0.3 is 5.97 Å². The van der Waals surface area contributed by atoms with Crippen LogP contribution in [0.15, 0.2) is 77.5 Å². The van der Waals surface area contributed by atoms with Crippen molar-refractivity contribution in [1.29, 1.82) is 0 Å². The SMILES string of the molecule is C[C@]12CC[C@H]3[C@@H](CCC4=C/C(=N/NC(=O)Cc5c[nH]c6ccccc56)CC[C@@]43C)[C@@H]1CC[C@@H]2OC(=O)c1ccccc1. The molecule has 3 fully saturated rings. The summed E-state index contributed by atoms with van der Waals surface area (Å²) < 4.78 is 6.19. The van der Waals surface area contributed by atoms with Gasteiger partial charge in [-0.1, -0.05) is 55.8 Å². The molecule has 6 nitrogen and oxygen atoms in total. The maximum atomic E-state index is 12.9. The van der Waals surface area contributed by atoms with E-state index in [4.69, 9.17) is 4.74 Å². The van der Waals surface area contributed by atoms with Gasteiger partial charge in [0.1, 0.15) is 6.10 Å². The molecule has 0 bridgehead atoms. The van der Waals surface area contributed by atoms with Crippen molar-refractivity contribution in [3.8, 4) is 0 Å². The molecule has 1 heterocycles. The van der Waals surface area contributed by atoms with Crippen molar-refractivity contribution < 1.29 is 14.3 Å². The molecule has 2 N–H and O–H groups in total. The maximum absolute atomic E-state index is 12.9. The number of amides is 1. The van der Waals surface area contributed by atoms with Crippen LogP contribution in [-0.2, 0) is 16.0 Å². The number of benzene rings is 2. The Hall–Kier alpha value is -3.67. The maximum Gasteiger partial charge on any atom is 0.338 e. The van der Waals surface area contributed by atoms with Crippen LogP contribution in [0.3, 0.4) is 0 Å². The Balaban J connectivity index is 1.02. The number of aromatic amines is 1. The van der Waals surface area contributed by atoms with E-state index in [1.165, 1.54) is 18.4 Å². The first-order valence-electron chi connectivity index (χ1n) is 15.7. The van der Waals surface area contributed by atoms with Crippen molar-refractivity contribution in [2.45, 2.75) is 77.7 Å². The highest BCUT2D eigenvalue weighted by atomic mass is 16.5. The molecule has 0 unspecified atom stereocenters. The van der Waals surface area contributed by atoms with Gasteiger partial charge in [-0.2, -0.15) is 5.10 Å². The predicted octanol–water partition coefficient (Wildman–Crippen LogP) is 7.37. The molecule has 7 rings (SSSR count). The number of ether oxygens (including phenoxy) is 1. The molecule has 0 saturated heterocycles. The molecule has 4 aliphatic rings. The van der Waals surface area contributed by atoms with E-state index in [2.05, 4.69) is 35.4 Å². The number of fused-ring (bicyclic) bond motifs is 6. The quantitative estimate of drug-likeness (QED) is 0.251. The van der Waals surface area contributed by atoms with Crippen LogP contribution < -0.4 is 5.43 Å². The molecule has 1 aromatic heterocycles. The van der Waals surface area contributed by atoms with Gasteiger partial charge in [0.15, 0.2) is 0 Å². The molecule has 218 valence electrons. The molecular formula is C36H41N3O3. The number of carbonyl (C=O) groups excluding carboxylic acids is 2. The topological polar surface area (TPSA) is 83.6 Å². The number of rotatable bonds is 5. The second-order valence-corrected chi connectivity index (χ2v) is 13.6. The molecule has 4 aliphatic carbocycles. The normalized spacial score (nSPS) is 32.9. The van der Waals surface area contributed by atoms with Crippen molar-refractivity contribution >= 4 is 28.5 Å².